The van der Waals surface area contributed by atoms with Crippen LogP contribution in [0, 0.1) is 35.8 Å². The second-order valence-corrected chi connectivity index (χ2v) is 13.2. The largest absolute Gasteiger partial charge is 0.494 e. The SMILES string of the molecule is COc1cc([N+](=O)[O-])ccc1N1C(=O)[C@@H]2[C@@H](C1=O)[C@@]1(c3ccccc3)C(=O)[C@@]2(c2ccccc2)C(c2ccc(C)cc2)=C1c1ccc(C)cc1. The lowest BCUT2D eigenvalue weighted by molar-refractivity contribution is -0.384. The zero-order valence-electron chi connectivity index (χ0n) is 27.6. The van der Waals surface area contributed by atoms with E-state index in [1.165, 1.54) is 25.3 Å². The van der Waals surface area contributed by atoms with Crippen LogP contribution in [0.15, 0.2) is 127 Å². The van der Waals surface area contributed by atoms with E-state index in [-0.39, 0.29) is 22.9 Å². The third-order valence-corrected chi connectivity index (χ3v) is 10.7. The number of nitrogens with zero attached hydrogens (tertiary/aromatic N) is 2. The van der Waals surface area contributed by atoms with E-state index in [1.807, 2.05) is 123 Å². The summed E-state index contributed by atoms with van der Waals surface area (Å²) in [6, 6.07) is 38.4. The van der Waals surface area contributed by atoms with E-state index >= 15 is 14.4 Å². The van der Waals surface area contributed by atoms with Crippen molar-refractivity contribution in [1.29, 1.82) is 0 Å². The maximum atomic E-state index is 16.0. The van der Waals surface area contributed by atoms with E-state index < -0.39 is 39.4 Å². The zero-order chi connectivity index (χ0) is 34.9. The standard InChI is InChI=1S/C42H32N2O6/c1-25-14-18-27(19-15-25)34-35(28-20-16-26(2)17-21-28)42(30-12-8-5-9-13-30)37-36(41(34,40(42)47)29-10-6-4-7-11-29)38(45)43(39(37)46)32-23-22-31(44(48)49)24-33(32)50-3/h4-24,36-37H,1-3H3/t36-,37-,41-,42-/m0/s1. The second-order valence-electron chi connectivity index (χ2n) is 13.2. The number of aryl methyl sites for hydroxylation is 2. The number of imide groups is 1. The van der Waals surface area contributed by atoms with Crippen LogP contribution in [0.4, 0.5) is 11.4 Å². The minimum absolute atomic E-state index is 0.00699. The third-order valence-electron chi connectivity index (χ3n) is 10.7. The number of benzene rings is 5. The summed E-state index contributed by atoms with van der Waals surface area (Å²) < 4.78 is 5.55. The first-order valence-electron chi connectivity index (χ1n) is 16.4. The van der Waals surface area contributed by atoms with Gasteiger partial charge >= 0.3 is 0 Å². The Hall–Kier alpha value is -6.15. The Morgan fingerprint density at radius 2 is 1.08 bits per heavy atom. The van der Waals surface area contributed by atoms with Gasteiger partial charge in [-0.3, -0.25) is 24.5 Å². The van der Waals surface area contributed by atoms with Crippen LogP contribution in [0.1, 0.15) is 33.4 Å². The Kier molecular flexibility index (Phi) is 6.98. The van der Waals surface area contributed by atoms with E-state index in [4.69, 9.17) is 4.74 Å². The molecule has 4 atom stereocenters. The van der Waals surface area contributed by atoms with Gasteiger partial charge in [-0.05, 0) is 53.3 Å². The Labute approximate surface area is 288 Å². The van der Waals surface area contributed by atoms with Crippen molar-refractivity contribution in [3.05, 3.63) is 171 Å². The van der Waals surface area contributed by atoms with E-state index in [1.54, 1.807) is 0 Å². The lowest BCUT2D eigenvalue weighted by atomic mass is 9.59. The molecular formula is C42H32N2O6. The minimum Gasteiger partial charge on any atom is -0.494 e. The third kappa shape index (κ3) is 3.96. The number of methoxy groups -OCH3 is 1. The van der Waals surface area contributed by atoms with E-state index in [0.717, 1.165) is 27.2 Å². The number of amides is 2. The predicted octanol–water partition coefficient (Wildman–Crippen LogP) is 7.41. The number of allylic oxidation sites excluding steroid dienone is 2. The summed E-state index contributed by atoms with van der Waals surface area (Å²) in [5.41, 5.74) is 2.99. The predicted molar refractivity (Wildman–Crippen MR) is 190 cm³/mol. The van der Waals surface area contributed by atoms with Crippen LogP contribution >= 0.6 is 0 Å². The summed E-state index contributed by atoms with van der Waals surface area (Å²) >= 11 is 0. The lowest BCUT2D eigenvalue weighted by Crippen LogP contribution is -2.45. The quantitative estimate of drug-likeness (QED) is 0.102. The Morgan fingerprint density at radius 3 is 1.48 bits per heavy atom. The van der Waals surface area contributed by atoms with Crippen molar-refractivity contribution in [2.24, 2.45) is 11.8 Å². The van der Waals surface area contributed by atoms with Gasteiger partial charge < -0.3 is 4.74 Å². The molecule has 0 spiro atoms. The molecule has 1 aliphatic heterocycles. The van der Waals surface area contributed by atoms with Gasteiger partial charge in [-0.1, -0.05) is 120 Å². The number of nitro benzene ring substituents is 1. The molecule has 2 amide bonds. The molecule has 50 heavy (non-hydrogen) atoms. The summed E-state index contributed by atoms with van der Waals surface area (Å²) in [5.74, 6) is -3.59. The van der Waals surface area contributed by atoms with Crippen LogP contribution in [0.2, 0.25) is 0 Å². The number of carbonyl (C=O) groups is 3. The van der Waals surface area contributed by atoms with Crippen LogP contribution in [0.5, 0.6) is 5.75 Å². The van der Waals surface area contributed by atoms with Gasteiger partial charge in [0.2, 0.25) is 11.8 Å². The van der Waals surface area contributed by atoms with Crippen molar-refractivity contribution in [3.63, 3.8) is 0 Å². The molecule has 5 aromatic rings. The van der Waals surface area contributed by atoms with Crippen molar-refractivity contribution in [1.82, 2.24) is 0 Å². The van der Waals surface area contributed by atoms with Gasteiger partial charge in [-0.15, -0.1) is 0 Å². The van der Waals surface area contributed by atoms with Crippen LogP contribution < -0.4 is 9.64 Å². The normalized spacial score (nSPS) is 23.8. The molecule has 1 heterocycles. The van der Waals surface area contributed by atoms with Crippen molar-refractivity contribution < 1.29 is 24.0 Å². The van der Waals surface area contributed by atoms with Crippen LogP contribution in [0.25, 0.3) is 11.1 Å². The molecule has 8 rings (SSSR count). The molecule has 2 fully saturated rings. The number of ether oxygens (including phenoxy) is 1. The first-order chi connectivity index (χ1) is 24.2. The Balaban J connectivity index is 1.52. The molecule has 2 bridgehead atoms. The molecule has 0 aromatic heterocycles. The fraction of sp³-hybridized carbons (Fsp3) is 0.167. The summed E-state index contributed by atoms with van der Waals surface area (Å²) in [6.45, 7) is 3.99. The number of fused-ring (bicyclic) bond motifs is 5. The van der Waals surface area contributed by atoms with Crippen LogP contribution in [0.3, 0.4) is 0 Å². The highest BCUT2D eigenvalue weighted by atomic mass is 16.6. The Bertz CT molecular complexity index is 2140. The van der Waals surface area contributed by atoms with Gasteiger partial charge in [0.05, 0.1) is 46.5 Å². The van der Waals surface area contributed by atoms with Gasteiger partial charge in [-0.25, -0.2) is 4.90 Å². The Morgan fingerprint density at radius 1 is 0.640 bits per heavy atom. The highest BCUT2D eigenvalue weighted by molar-refractivity contribution is 6.39. The highest BCUT2D eigenvalue weighted by Crippen LogP contribution is 2.74. The maximum absolute atomic E-state index is 16.0. The molecule has 8 heteroatoms. The molecule has 3 aliphatic rings. The summed E-state index contributed by atoms with van der Waals surface area (Å²) in [5, 5.41) is 11.7. The monoisotopic (exact) mass is 660 g/mol. The average Bonchev–Trinajstić information content (AvgIpc) is 3.64. The highest BCUT2D eigenvalue weighted by Gasteiger charge is 2.82. The number of carbonyl (C=O) groups excluding carboxylic acids is 3. The van der Waals surface area contributed by atoms with Crippen molar-refractivity contribution in [2.75, 3.05) is 12.0 Å². The number of anilines is 1. The number of hydrogen-bond donors (Lipinski definition) is 0. The zero-order valence-corrected chi connectivity index (χ0v) is 27.6. The maximum Gasteiger partial charge on any atom is 0.273 e. The number of hydrogen-bond acceptors (Lipinski definition) is 6. The lowest BCUT2D eigenvalue weighted by Gasteiger charge is -2.39. The average molecular weight is 661 g/mol. The van der Waals surface area contributed by atoms with Gasteiger partial charge in [0.25, 0.3) is 5.69 Å². The first kappa shape index (κ1) is 31.1. The first-order valence-corrected chi connectivity index (χ1v) is 16.4. The molecule has 1 saturated carbocycles. The molecular weight excluding hydrogens is 628 g/mol. The fourth-order valence-electron chi connectivity index (χ4n) is 8.77. The van der Waals surface area contributed by atoms with E-state index in [9.17, 15) is 10.1 Å². The summed E-state index contributed by atoms with van der Waals surface area (Å²) in [6.07, 6.45) is 0. The molecule has 2 aliphatic carbocycles. The smallest absolute Gasteiger partial charge is 0.273 e. The molecule has 5 aromatic carbocycles. The number of Topliss-reactive ketones (excluding diaryl/α,β-unsaturated/α-hetero) is 1. The molecule has 0 radical (unpaired) electrons. The second kappa shape index (κ2) is 11.2. The van der Waals surface area contributed by atoms with Crippen molar-refractivity contribution in [2.45, 2.75) is 24.7 Å². The van der Waals surface area contributed by atoms with Crippen molar-refractivity contribution in [3.8, 4) is 5.75 Å². The molecule has 8 nitrogen and oxygen atoms in total. The molecule has 0 N–H and O–H groups in total. The van der Waals surface area contributed by atoms with Crippen molar-refractivity contribution >= 4 is 40.1 Å². The molecule has 246 valence electrons. The molecule has 0 unspecified atom stereocenters. The fourth-order valence-corrected chi connectivity index (χ4v) is 8.77. The summed E-state index contributed by atoms with van der Waals surface area (Å²) in [4.78, 5) is 58.7. The van der Waals surface area contributed by atoms with Gasteiger partial charge in [0, 0.05) is 6.07 Å². The van der Waals surface area contributed by atoms with Gasteiger partial charge in [0.15, 0.2) is 5.78 Å². The minimum atomic E-state index is -1.56. The number of nitro groups is 1. The number of ketones is 1. The molecule has 1 saturated heterocycles. The van der Waals surface area contributed by atoms with Gasteiger partial charge in [-0.2, -0.15) is 0 Å². The van der Waals surface area contributed by atoms with E-state index in [0.29, 0.717) is 22.3 Å². The number of non-ortho nitro benzene ring substituents is 1. The number of rotatable bonds is 7. The van der Waals surface area contributed by atoms with Crippen LogP contribution in [-0.2, 0) is 25.2 Å². The van der Waals surface area contributed by atoms with E-state index in [2.05, 4.69) is 0 Å². The summed E-state index contributed by atoms with van der Waals surface area (Å²) in [7, 11) is 1.34. The van der Waals surface area contributed by atoms with Gasteiger partial charge in [0.1, 0.15) is 5.75 Å². The van der Waals surface area contributed by atoms with Crippen LogP contribution in [-0.4, -0.2) is 29.6 Å². The topological polar surface area (TPSA) is 107 Å².